The zero-order valence-corrected chi connectivity index (χ0v) is 4.81. The van der Waals surface area contributed by atoms with Crippen molar-refractivity contribution >= 4 is 0 Å². The van der Waals surface area contributed by atoms with Crippen LogP contribution in [0.2, 0.25) is 0 Å². The van der Waals surface area contributed by atoms with Gasteiger partial charge in [0.1, 0.15) is 17.3 Å². The van der Waals surface area contributed by atoms with E-state index in [1.165, 1.54) is 0 Å². The highest BCUT2D eigenvalue weighted by molar-refractivity contribution is 5.32. The Balaban J connectivity index is 2.89. The first-order valence-corrected chi connectivity index (χ1v) is 2.53. The Kier molecular flexibility index (Phi) is 1.15. The molecule has 1 heteroatoms. The van der Waals surface area contributed by atoms with Gasteiger partial charge < -0.3 is 5.73 Å². The van der Waals surface area contributed by atoms with E-state index in [1.807, 2.05) is 25.2 Å². The van der Waals surface area contributed by atoms with Crippen molar-refractivity contribution in [3.8, 4) is 0 Å². The second-order valence-corrected chi connectivity index (χ2v) is 1.81. The molecule has 0 radical (unpaired) electrons. The van der Waals surface area contributed by atoms with Crippen molar-refractivity contribution in [2.45, 2.75) is 6.92 Å². The van der Waals surface area contributed by atoms with Crippen LogP contribution in [0.25, 0.3) is 0 Å². The molecule has 1 nitrogen and oxygen atoms in total. The van der Waals surface area contributed by atoms with E-state index in [-0.39, 0.29) is 0 Å². The lowest BCUT2D eigenvalue weighted by molar-refractivity contribution is 1.34. The molecule has 0 heterocycles. The molecule has 0 aromatic carbocycles. The van der Waals surface area contributed by atoms with Gasteiger partial charge in [0, 0.05) is 6.08 Å². The summed E-state index contributed by atoms with van der Waals surface area (Å²) in [6.45, 7) is 1.97. The topological polar surface area (TPSA) is 26.0 Å². The highest BCUT2D eigenvalue weighted by atomic mass is 14.6. The summed E-state index contributed by atoms with van der Waals surface area (Å²) in [5.74, 6) is 0. The van der Waals surface area contributed by atoms with Gasteiger partial charge >= 0.3 is 0 Å². The molecule has 0 aliphatic heterocycles. The maximum atomic E-state index is 5.44. The van der Waals surface area contributed by atoms with Crippen LogP contribution in [0.5, 0.6) is 0 Å². The van der Waals surface area contributed by atoms with Gasteiger partial charge in [-0.15, -0.1) is 0 Å². The Morgan fingerprint density at radius 1 is 1.62 bits per heavy atom. The third-order valence-electron chi connectivity index (χ3n) is 0.970. The van der Waals surface area contributed by atoms with Crippen LogP contribution >= 0.6 is 0 Å². The van der Waals surface area contributed by atoms with E-state index in [9.17, 15) is 0 Å². The van der Waals surface area contributed by atoms with Gasteiger partial charge in [-0.2, -0.15) is 0 Å². The minimum atomic E-state index is 0.807. The molecule has 0 saturated carbocycles. The van der Waals surface area contributed by atoms with Crippen molar-refractivity contribution in [3.05, 3.63) is 35.6 Å². The van der Waals surface area contributed by atoms with E-state index in [1.54, 1.807) is 0 Å². The lowest BCUT2D eigenvalue weighted by Crippen LogP contribution is -1.94. The summed E-state index contributed by atoms with van der Waals surface area (Å²) in [4.78, 5) is 0. The third kappa shape index (κ3) is 0.955. The van der Waals surface area contributed by atoms with E-state index in [0.717, 1.165) is 11.3 Å². The molecule has 0 amide bonds. The van der Waals surface area contributed by atoms with Gasteiger partial charge in [0.25, 0.3) is 0 Å². The number of hydrogen-bond acceptors (Lipinski definition) is 1. The van der Waals surface area contributed by atoms with Gasteiger partial charge in [0.2, 0.25) is 0 Å². The number of nitrogens with two attached hydrogens (primary N) is 1. The van der Waals surface area contributed by atoms with Crippen LogP contribution in [0.4, 0.5) is 0 Å². The molecule has 0 spiro atoms. The normalized spacial score (nSPS) is 16.6. The van der Waals surface area contributed by atoms with Crippen molar-refractivity contribution in [1.82, 2.24) is 0 Å². The van der Waals surface area contributed by atoms with E-state index in [2.05, 4.69) is 6.08 Å². The van der Waals surface area contributed by atoms with Crippen molar-refractivity contribution < 1.29 is 0 Å². The molecular weight excluding hydrogens is 98.1 g/mol. The highest BCUT2D eigenvalue weighted by Gasteiger charge is 1.99. The summed E-state index contributed by atoms with van der Waals surface area (Å²) in [7, 11) is 0. The van der Waals surface area contributed by atoms with E-state index in [0.29, 0.717) is 0 Å². The minimum Gasteiger partial charge on any atom is -0.377 e. The molecule has 0 atom stereocenters. The maximum Gasteiger partial charge on any atom is 0.146 e. The molecule has 2 N–H and O–H groups in total. The van der Waals surface area contributed by atoms with Crippen LogP contribution in [0.1, 0.15) is 6.92 Å². The Morgan fingerprint density at radius 3 is 2.75 bits per heavy atom. The smallest absolute Gasteiger partial charge is 0.146 e. The van der Waals surface area contributed by atoms with Crippen molar-refractivity contribution in [3.63, 3.8) is 0 Å². The predicted octanol–water partition coefficient (Wildman–Crippen LogP) is 1.15. The standard InChI is InChI=1S/C7H8N/c1-6-3-2-4-7(8)5-6/h2,4-5H,8H2,1H3/q+1. The molecular formula is C7H8N+. The van der Waals surface area contributed by atoms with Gasteiger partial charge in [-0.05, 0) is 6.92 Å². The molecule has 8 heavy (non-hydrogen) atoms. The van der Waals surface area contributed by atoms with Crippen LogP contribution in [0, 0.1) is 6.08 Å². The van der Waals surface area contributed by atoms with Crippen LogP contribution in [0.3, 0.4) is 0 Å². The molecule has 1 aliphatic rings. The predicted molar refractivity (Wildman–Crippen MR) is 33.8 cm³/mol. The Morgan fingerprint density at radius 2 is 2.38 bits per heavy atom. The number of hydrogen-bond donors (Lipinski definition) is 1. The lowest BCUT2D eigenvalue weighted by atomic mass is 10.1. The summed E-state index contributed by atoms with van der Waals surface area (Å²) >= 11 is 0. The second-order valence-electron chi connectivity index (χ2n) is 1.81. The first-order valence-electron chi connectivity index (χ1n) is 2.53. The van der Waals surface area contributed by atoms with Crippen LogP contribution in [-0.2, 0) is 0 Å². The molecule has 0 bridgehead atoms. The fraction of sp³-hybridized carbons (Fsp3) is 0.143. The highest BCUT2D eigenvalue weighted by Crippen LogP contribution is 2.03. The van der Waals surface area contributed by atoms with Crippen molar-refractivity contribution in [2.24, 2.45) is 5.73 Å². The molecule has 1 rings (SSSR count). The molecule has 0 aromatic rings. The quantitative estimate of drug-likeness (QED) is 0.460. The maximum absolute atomic E-state index is 5.44. The van der Waals surface area contributed by atoms with Gasteiger partial charge in [-0.3, -0.25) is 0 Å². The zero-order valence-electron chi connectivity index (χ0n) is 4.81. The Labute approximate surface area is 49.2 Å². The first kappa shape index (κ1) is 5.07. The van der Waals surface area contributed by atoms with E-state index < -0.39 is 0 Å². The van der Waals surface area contributed by atoms with E-state index in [4.69, 9.17) is 5.73 Å². The van der Waals surface area contributed by atoms with Gasteiger partial charge in [0.15, 0.2) is 0 Å². The molecule has 0 aromatic heterocycles. The zero-order chi connectivity index (χ0) is 5.98. The average molecular weight is 106 g/mol. The molecule has 40 valence electrons. The number of allylic oxidation sites excluding steroid dienone is 5. The summed E-state index contributed by atoms with van der Waals surface area (Å²) in [6, 6.07) is 0. The van der Waals surface area contributed by atoms with Crippen LogP contribution in [-0.4, -0.2) is 0 Å². The summed E-state index contributed by atoms with van der Waals surface area (Å²) in [6.07, 6.45) is 8.53. The van der Waals surface area contributed by atoms with E-state index >= 15 is 0 Å². The van der Waals surface area contributed by atoms with Gasteiger partial charge in [-0.1, -0.05) is 0 Å². The van der Waals surface area contributed by atoms with Crippen molar-refractivity contribution in [2.75, 3.05) is 0 Å². The first-order chi connectivity index (χ1) is 3.79. The van der Waals surface area contributed by atoms with Crippen LogP contribution < -0.4 is 5.73 Å². The Hall–Kier alpha value is -1.07. The largest absolute Gasteiger partial charge is 0.377 e. The molecule has 0 unspecified atom stereocenters. The molecule has 1 aliphatic carbocycles. The SMILES string of the molecule is CC1=[C+]C=CC(N)=C1. The fourth-order valence-corrected chi connectivity index (χ4v) is 0.609. The van der Waals surface area contributed by atoms with Crippen LogP contribution in [0.15, 0.2) is 29.5 Å². The summed E-state index contributed by atoms with van der Waals surface area (Å²) in [5.41, 5.74) is 7.33. The second kappa shape index (κ2) is 1.81. The monoisotopic (exact) mass is 106 g/mol. The third-order valence-corrected chi connectivity index (χ3v) is 0.970. The van der Waals surface area contributed by atoms with Gasteiger partial charge in [0.05, 0.1) is 12.2 Å². The minimum absolute atomic E-state index is 0.807. The van der Waals surface area contributed by atoms with Crippen molar-refractivity contribution in [1.29, 1.82) is 0 Å². The number of rotatable bonds is 0. The average Bonchev–Trinajstić information content (AvgIpc) is 1.64. The Bertz CT molecular complexity index is 170. The van der Waals surface area contributed by atoms with Gasteiger partial charge in [-0.25, -0.2) is 0 Å². The summed E-state index contributed by atoms with van der Waals surface area (Å²) < 4.78 is 0. The fourth-order valence-electron chi connectivity index (χ4n) is 0.609. The summed E-state index contributed by atoms with van der Waals surface area (Å²) in [5, 5.41) is 0. The molecule has 0 saturated heterocycles. The lowest BCUT2D eigenvalue weighted by Gasteiger charge is -1.86. The molecule has 0 fully saturated rings.